The SMILES string of the molecule is Cc1nn(C)c(C)c1C(OC(=O)c1ccc(=O)n(C)n1)C(F)(F)F. The van der Waals surface area contributed by atoms with Crippen LogP contribution in [0.4, 0.5) is 13.2 Å². The molecule has 24 heavy (non-hydrogen) atoms. The van der Waals surface area contributed by atoms with Crippen molar-refractivity contribution in [2.24, 2.45) is 14.1 Å². The molecule has 0 saturated heterocycles. The van der Waals surface area contributed by atoms with Gasteiger partial charge >= 0.3 is 12.1 Å². The number of rotatable bonds is 3. The average molecular weight is 344 g/mol. The molecule has 2 rings (SSSR count). The van der Waals surface area contributed by atoms with E-state index in [0.29, 0.717) is 0 Å². The number of halogens is 3. The number of esters is 1. The molecule has 0 spiro atoms. The number of ether oxygens (including phenoxy) is 1. The smallest absolute Gasteiger partial charge is 0.430 e. The van der Waals surface area contributed by atoms with Gasteiger partial charge in [0.05, 0.1) is 5.69 Å². The Hall–Kier alpha value is -2.65. The van der Waals surface area contributed by atoms with Crippen molar-refractivity contribution in [1.82, 2.24) is 19.6 Å². The number of hydrogen-bond acceptors (Lipinski definition) is 5. The van der Waals surface area contributed by atoms with Gasteiger partial charge in [0.2, 0.25) is 6.10 Å². The Balaban J connectivity index is 2.41. The zero-order valence-corrected chi connectivity index (χ0v) is 13.4. The van der Waals surface area contributed by atoms with Crippen molar-refractivity contribution in [3.8, 4) is 0 Å². The minimum absolute atomic E-state index is 0.110. The maximum absolute atomic E-state index is 13.4. The third-order valence-corrected chi connectivity index (χ3v) is 3.52. The molecule has 0 saturated carbocycles. The van der Waals surface area contributed by atoms with E-state index in [0.717, 1.165) is 16.8 Å². The zero-order valence-electron chi connectivity index (χ0n) is 13.4. The molecule has 130 valence electrons. The molecule has 0 radical (unpaired) electrons. The predicted molar refractivity (Wildman–Crippen MR) is 76.4 cm³/mol. The maximum Gasteiger partial charge on any atom is 0.430 e. The Morgan fingerprint density at radius 2 is 1.79 bits per heavy atom. The van der Waals surface area contributed by atoms with Crippen LogP contribution in [0.3, 0.4) is 0 Å². The molecule has 0 aromatic carbocycles. The van der Waals surface area contributed by atoms with Gasteiger partial charge in [-0.2, -0.15) is 23.4 Å². The highest BCUT2D eigenvalue weighted by molar-refractivity contribution is 5.87. The topological polar surface area (TPSA) is 79.0 Å². The van der Waals surface area contributed by atoms with Crippen LogP contribution >= 0.6 is 0 Å². The second-order valence-electron chi connectivity index (χ2n) is 5.22. The monoisotopic (exact) mass is 344 g/mol. The van der Waals surface area contributed by atoms with Crippen molar-refractivity contribution in [3.63, 3.8) is 0 Å². The molecular weight excluding hydrogens is 329 g/mol. The zero-order chi connectivity index (χ0) is 18.2. The number of alkyl halides is 3. The maximum atomic E-state index is 13.4. The van der Waals surface area contributed by atoms with Gasteiger partial charge in [0.25, 0.3) is 5.56 Å². The van der Waals surface area contributed by atoms with Gasteiger partial charge in [-0.1, -0.05) is 0 Å². The highest BCUT2D eigenvalue weighted by Crippen LogP contribution is 2.39. The van der Waals surface area contributed by atoms with E-state index in [9.17, 15) is 22.8 Å². The lowest BCUT2D eigenvalue weighted by Gasteiger charge is -2.21. The highest BCUT2D eigenvalue weighted by Gasteiger charge is 2.47. The van der Waals surface area contributed by atoms with Crippen LogP contribution in [0.1, 0.15) is 33.5 Å². The number of aromatic nitrogens is 4. The van der Waals surface area contributed by atoms with E-state index < -0.39 is 29.5 Å². The summed E-state index contributed by atoms with van der Waals surface area (Å²) in [5.41, 5.74) is -0.777. The van der Waals surface area contributed by atoms with Crippen LogP contribution in [0, 0.1) is 13.8 Å². The molecule has 2 aromatic heterocycles. The molecule has 0 aliphatic rings. The predicted octanol–water partition coefficient (Wildman–Crippen LogP) is 1.59. The fraction of sp³-hybridized carbons (Fsp3) is 0.429. The van der Waals surface area contributed by atoms with Crippen molar-refractivity contribution in [2.45, 2.75) is 26.1 Å². The summed E-state index contributed by atoms with van der Waals surface area (Å²) in [7, 11) is 2.77. The second-order valence-corrected chi connectivity index (χ2v) is 5.22. The van der Waals surface area contributed by atoms with Crippen molar-refractivity contribution >= 4 is 5.97 Å². The first-order valence-corrected chi connectivity index (χ1v) is 6.84. The molecule has 2 aromatic rings. The summed E-state index contributed by atoms with van der Waals surface area (Å²) in [6, 6.07) is 2.04. The van der Waals surface area contributed by atoms with E-state index in [1.165, 1.54) is 32.6 Å². The molecular formula is C14H15F3N4O3. The van der Waals surface area contributed by atoms with Crippen molar-refractivity contribution < 1.29 is 22.7 Å². The van der Waals surface area contributed by atoms with Crippen molar-refractivity contribution in [3.05, 3.63) is 45.1 Å². The lowest BCUT2D eigenvalue weighted by molar-refractivity contribution is -0.207. The minimum Gasteiger partial charge on any atom is -0.443 e. The molecule has 0 aliphatic carbocycles. The van der Waals surface area contributed by atoms with Crippen molar-refractivity contribution in [1.29, 1.82) is 0 Å². The third-order valence-electron chi connectivity index (χ3n) is 3.52. The first-order valence-electron chi connectivity index (χ1n) is 6.84. The van der Waals surface area contributed by atoms with Gasteiger partial charge in [-0.3, -0.25) is 9.48 Å². The fourth-order valence-electron chi connectivity index (χ4n) is 2.24. The Labute approximate surface area is 134 Å². The number of aryl methyl sites for hydroxylation is 3. The van der Waals surface area contributed by atoms with Crippen LogP contribution in [0.5, 0.6) is 0 Å². The second kappa shape index (κ2) is 6.10. The molecule has 0 aliphatic heterocycles. The normalized spacial score (nSPS) is 13.0. The average Bonchev–Trinajstić information content (AvgIpc) is 2.71. The van der Waals surface area contributed by atoms with Crippen LogP contribution in [0.25, 0.3) is 0 Å². The molecule has 0 N–H and O–H groups in total. The van der Waals surface area contributed by atoms with Crippen LogP contribution < -0.4 is 5.56 Å². The Morgan fingerprint density at radius 1 is 1.17 bits per heavy atom. The van der Waals surface area contributed by atoms with Gasteiger partial charge in [0.1, 0.15) is 0 Å². The van der Waals surface area contributed by atoms with Gasteiger partial charge in [0.15, 0.2) is 5.69 Å². The van der Waals surface area contributed by atoms with E-state index in [2.05, 4.69) is 14.9 Å². The summed E-state index contributed by atoms with van der Waals surface area (Å²) in [5, 5.41) is 7.51. The molecule has 1 unspecified atom stereocenters. The lowest BCUT2D eigenvalue weighted by Crippen LogP contribution is -2.29. The van der Waals surface area contributed by atoms with Crippen molar-refractivity contribution in [2.75, 3.05) is 0 Å². The summed E-state index contributed by atoms with van der Waals surface area (Å²) in [6.07, 6.45) is -7.30. The molecule has 10 heteroatoms. The van der Waals surface area contributed by atoms with E-state index in [4.69, 9.17) is 0 Å². The third kappa shape index (κ3) is 3.31. The number of hydrogen-bond donors (Lipinski definition) is 0. The van der Waals surface area contributed by atoms with Gasteiger partial charge in [0, 0.05) is 31.4 Å². The summed E-state index contributed by atoms with van der Waals surface area (Å²) >= 11 is 0. The quantitative estimate of drug-likeness (QED) is 0.790. The minimum atomic E-state index is -4.82. The molecule has 2 heterocycles. The first-order chi connectivity index (χ1) is 11.0. The summed E-state index contributed by atoms with van der Waals surface area (Å²) in [4.78, 5) is 23.3. The highest BCUT2D eigenvalue weighted by atomic mass is 19.4. The van der Waals surface area contributed by atoms with Gasteiger partial charge < -0.3 is 4.74 Å². The molecule has 0 bridgehead atoms. The van der Waals surface area contributed by atoms with E-state index in [1.807, 2.05) is 0 Å². The Kier molecular flexibility index (Phi) is 4.50. The summed E-state index contributed by atoms with van der Waals surface area (Å²) < 4.78 is 47.0. The number of carbonyl (C=O) groups excluding carboxylic acids is 1. The van der Waals surface area contributed by atoms with E-state index >= 15 is 0 Å². The van der Waals surface area contributed by atoms with Crippen LogP contribution in [-0.4, -0.2) is 31.7 Å². The molecule has 0 amide bonds. The molecule has 1 atom stereocenters. The van der Waals surface area contributed by atoms with Crippen LogP contribution in [0.2, 0.25) is 0 Å². The lowest BCUT2D eigenvalue weighted by atomic mass is 10.1. The van der Waals surface area contributed by atoms with E-state index in [1.54, 1.807) is 0 Å². The van der Waals surface area contributed by atoms with Gasteiger partial charge in [-0.05, 0) is 19.9 Å². The number of carbonyl (C=O) groups is 1. The Bertz CT molecular complexity index is 839. The van der Waals surface area contributed by atoms with Gasteiger partial charge in [-0.25, -0.2) is 9.48 Å². The first kappa shape index (κ1) is 17.7. The summed E-state index contributed by atoms with van der Waals surface area (Å²) in [6.45, 7) is 2.85. The Morgan fingerprint density at radius 3 is 2.25 bits per heavy atom. The largest absolute Gasteiger partial charge is 0.443 e. The van der Waals surface area contributed by atoms with Crippen LogP contribution in [-0.2, 0) is 18.8 Å². The van der Waals surface area contributed by atoms with Gasteiger partial charge in [-0.15, -0.1) is 0 Å². The standard InChI is InChI=1S/C14H15F3N4O3/c1-7-11(8(2)20(3)18-7)12(14(15,16)17)24-13(23)9-5-6-10(22)21(4)19-9/h5-6,12H,1-4H3. The van der Waals surface area contributed by atoms with E-state index in [-0.39, 0.29) is 17.0 Å². The molecule has 0 fully saturated rings. The number of nitrogens with zero attached hydrogens (tertiary/aromatic N) is 4. The fourth-order valence-corrected chi connectivity index (χ4v) is 2.24. The molecule has 7 nitrogen and oxygen atoms in total. The summed E-state index contributed by atoms with van der Waals surface area (Å²) in [5.74, 6) is -1.28. The van der Waals surface area contributed by atoms with Crippen LogP contribution in [0.15, 0.2) is 16.9 Å².